The zero-order valence-corrected chi connectivity index (χ0v) is 16.7. The van der Waals surface area contributed by atoms with Crippen LogP contribution in [-0.2, 0) is 21.2 Å². The van der Waals surface area contributed by atoms with Crippen LogP contribution in [-0.4, -0.2) is 45.4 Å². The smallest absolute Gasteiger partial charge is 0.240 e. The SMILES string of the molecule is CC1CCCC(CNS(=O)(=O)c2ccc3c(c2)CCC(=O)N3)(N(C)C)C1. The van der Waals surface area contributed by atoms with Gasteiger partial charge in [-0.3, -0.25) is 4.79 Å². The Kier molecular flexibility index (Phi) is 5.42. The van der Waals surface area contributed by atoms with Crippen molar-refractivity contribution >= 4 is 21.6 Å². The summed E-state index contributed by atoms with van der Waals surface area (Å²) in [6.45, 7) is 2.66. The largest absolute Gasteiger partial charge is 0.326 e. The van der Waals surface area contributed by atoms with Gasteiger partial charge in [-0.05, 0) is 63.0 Å². The number of likely N-dealkylation sites (N-methyl/N-ethyl adjacent to an activating group) is 1. The van der Waals surface area contributed by atoms with E-state index >= 15 is 0 Å². The number of rotatable bonds is 5. The van der Waals surface area contributed by atoms with Gasteiger partial charge in [-0.1, -0.05) is 19.8 Å². The Morgan fingerprint density at radius 2 is 2.08 bits per heavy atom. The summed E-state index contributed by atoms with van der Waals surface area (Å²) in [6.07, 6.45) is 5.30. The van der Waals surface area contributed by atoms with Gasteiger partial charge in [0.05, 0.1) is 4.90 Å². The van der Waals surface area contributed by atoms with Crippen LogP contribution >= 0.6 is 0 Å². The summed E-state index contributed by atoms with van der Waals surface area (Å²) >= 11 is 0. The van der Waals surface area contributed by atoms with E-state index in [4.69, 9.17) is 0 Å². The lowest BCUT2D eigenvalue weighted by Crippen LogP contribution is -2.55. The minimum atomic E-state index is -3.59. The number of anilines is 1. The third kappa shape index (κ3) is 3.94. The highest BCUT2D eigenvalue weighted by molar-refractivity contribution is 7.89. The van der Waals surface area contributed by atoms with Gasteiger partial charge in [-0.15, -0.1) is 0 Å². The molecule has 1 aromatic rings. The highest BCUT2D eigenvalue weighted by Gasteiger charge is 2.38. The molecule has 1 fully saturated rings. The number of sulfonamides is 1. The van der Waals surface area contributed by atoms with Crippen LogP contribution in [0.4, 0.5) is 5.69 Å². The molecule has 0 spiro atoms. The summed E-state index contributed by atoms with van der Waals surface area (Å²) in [7, 11) is 0.486. The molecule has 7 heteroatoms. The lowest BCUT2D eigenvalue weighted by molar-refractivity contribution is -0.116. The molecule has 2 unspecified atom stereocenters. The van der Waals surface area contributed by atoms with E-state index in [-0.39, 0.29) is 16.3 Å². The standard InChI is InChI=1S/C19H29N3O3S/c1-14-5-4-10-19(12-14,22(2)3)13-20-26(24,25)16-7-8-17-15(11-16)6-9-18(23)21-17/h7-8,11,14,20H,4-6,9-10,12-13H2,1-3H3,(H,21,23). The average Bonchev–Trinajstić information content (AvgIpc) is 2.59. The molecule has 0 radical (unpaired) electrons. The zero-order valence-electron chi connectivity index (χ0n) is 15.8. The Bertz CT molecular complexity index is 791. The van der Waals surface area contributed by atoms with E-state index < -0.39 is 10.0 Å². The molecule has 0 bridgehead atoms. The van der Waals surface area contributed by atoms with Gasteiger partial charge in [0, 0.05) is 24.2 Å². The molecular formula is C19H29N3O3S. The molecule has 1 aromatic carbocycles. The van der Waals surface area contributed by atoms with E-state index in [0.717, 1.165) is 24.8 Å². The molecule has 26 heavy (non-hydrogen) atoms. The summed E-state index contributed by atoms with van der Waals surface area (Å²) in [6, 6.07) is 4.94. The molecule has 0 saturated heterocycles. The molecular weight excluding hydrogens is 350 g/mol. The van der Waals surface area contributed by atoms with Gasteiger partial charge in [0.1, 0.15) is 0 Å². The number of nitrogens with zero attached hydrogens (tertiary/aromatic N) is 1. The van der Waals surface area contributed by atoms with Gasteiger partial charge in [-0.25, -0.2) is 13.1 Å². The Labute approximate surface area is 156 Å². The number of aryl methyl sites for hydroxylation is 1. The summed E-state index contributed by atoms with van der Waals surface area (Å²) in [5.74, 6) is 0.577. The van der Waals surface area contributed by atoms with Gasteiger partial charge in [0.25, 0.3) is 0 Å². The number of amides is 1. The van der Waals surface area contributed by atoms with Crippen molar-refractivity contribution in [3.05, 3.63) is 23.8 Å². The third-order valence-corrected chi connectivity index (χ3v) is 7.29. The maximum Gasteiger partial charge on any atom is 0.240 e. The van der Waals surface area contributed by atoms with Gasteiger partial charge in [0.2, 0.25) is 15.9 Å². The number of hydrogen-bond donors (Lipinski definition) is 2. The van der Waals surface area contributed by atoms with Crippen LogP contribution in [0.3, 0.4) is 0 Å². The molecule has 6 nitrogen and oxygen atoms in total. The fourth-order valence-corrected chi connectivity index (χ4v) is 5.37. The second-order valence-electron chi connectivity index (χ2n) is 8.01. The van der Waals surface area contributed by atoms with Crippen molar-refractivity contribution in [2.45, 2.75) is 55.9 Å². The second-order valence-corrected chi connectivity index (χ2v) is 9.78. The first kappa shape index (κ1) is 19.3. The number of carbonyl (C=O) groups is 1. The van der Waals surface area contributed by atoms with Crippen molar-refractivity contribution in [3.8, 4) is 0 Å². The molecule has 3 rings (SSSR count). The molecule has 144 valence electrons. The minimum absolute atomic E-state index is 0.0226. The molecule has 1 amide bonds. The highest BCUT2D eigenvalue weighted by Crippen LogP contribution is 2.35. The quantitative estimate of drug-likeness (QED) is 0.823. The Balaban J connectivity index is 1.77. The lowest BCUT2D eigenvalue weighted by Gasteiger charge is -2.45. The first-order chi connectivity index (χ1) is 12.2. The topological polar surface area (TPSA) is 78.5 Å². The predicted molar refractivity (Wildman–Crippen MR) is 103 cm³/mol. The number of fused-ring (bicyclic) bond motifs is 1. The van der Waals surface area contributed by atoms with E-state index in [1.807, 2.05) is 14.1 Å². The van der Waals surface area contributed by atoms with Crippen LogP contribution in [0.15, 0.2) is 23.1 Å². The molecule has 1 aliphatic carbocycles. The molecule has 1 saturated carbocycles. The van der Waals surface area contributed by atoms with E-state index in [1.54, 1.807) is 18.2 Å². The highest BCUT2D eigenvalue weighted by atomic mass is 32.2. The first-order valence-corrected chi connectivity index (χ1v) is 10.8. The van der Waals surface area contributed by atoms with Gasteiger partial charge in [-0.2, -0.15) is 0 Å². The van der Waals surface area contributed by atoms with Crippen LogP contribution in [0.1, 0.15) is 44.6 Å². The molecule has 2 atom stereocenters. The third-order valence-electron chi connectivity index (χ3n) is 5.89. The van der Waals surface area contributed by atoms with Crippen molar-refractivity contribution in [1.29, 1.82) is 0 Å². The molecule has 0 aromatic heterocycles. The van der Waals surface area contributed by atoms with Gasteiger partial charge in [0.15, 0.2) is 0 Å². The molecule has 2 aliphatic rings. The van der Waals surface area contributed by atoms with Crippen molar-refractivity contribution in [3.63, 3.8) is 0 Å². The molecule has 2 N–H and O–H groups in total. The van der Waals surface area contributed by atoms with Crippen molar-refractivity contribution in [2.75, 3.05) is 26.0 Å². The molecule has 1 aliphatic heterocycles. The molecule has 1 heterocycles. The number of hydrogen-bond acceptors (Lipinski definition) is 4. The monoisotopic (exact) mass is 379 g/mol. The van der Waals surface area contributed by atoms with Crippen LogP contribution in [0, 0.1) is 5.92 Å². The van der Waals surface area contributed by atoms with Crippen LogP contribution in [0.5, 0.6) is 0 Å². The van der Waals surface area contributed by atoms with E-state index in [0.29, 0.717) is 31.0 Å². The van der Waals surface area contributed by atoms with Gasteiger partial charge >= 0.3 is 0 Å². The van der Waals surface area contributed by atoms with E-state index in [2.05, 4.69) is 21.9 Å². The predicted octanol–water partition coefficient (Wildman–Crippen LogP) is 2.36. The summed E-state index contributed by atoms with van der Waals surface area (Å²) < 4.78 is 28.6. The summed E-state index contributed by atoms with van der Waals surface area (Å²) in [4.78, 5) is 13.9. The Hall–Kier alpha value is -1.44. The lowest BCUT2D eigenvalue weighted by atomic mass is 9.75. The second kappa shape index (κ2) is 7.29. The van der Waals surface area contributed by atoms with Crippen molar-refractivity contribution in [1.82, 2.24) is 9.62 Å². The van der Waals surface area contributed by atoms with Gasteiger partial charge < -0.3 is 10.2 Å². The minimum Gasteiger partial charge on any atom is -0.326 e. The number of carbonyl (C=O) groups excluding carboxylic acids is 1. The maximum atomic E-state index is 12.9. The number of nitrogens with one attached hydrogen (secondary N) is 2. The maximum absolute atomic E-state index is 12.9. The number of benzene rings is 1. The van der Waals surface area contributed by atoms with Crippen molar-refractivity contribution in [2.24, 2.45) is 5.92 Å². The normalized spacial score (nSPS) is 26.5. The first-order valence-electron chi connectivity index (χ1n) is 9.32. The van der Waals surface area contributed by atoms with Crippen LogP contribution < -0.4 is 10.0 Å². The van der Waals surface area contributed by atoms with E-state index in [9.17, 15) is 13.2 Å². The zero-order chi connectivity index (χ0) is 18.9. The Morgan fingerprint density at radius 1 is 1.31 bits per heavy atom. The van der Waals surface area contributed by atoms with Crippen LogP contribution in [0.2, 0.25) is 0 Å². The summed E-state index contributed by atoms with van der Waals surface area (Å²) in [5, 5.41) is 2.79. The average molecular weight is 380 g/mol. The fraction of sp³-hybridized carbons (Fsp3) is 0.632. The van der Waals surface area contributed by atoms with Crippen LogP contribution in [0.25, 0.3) is 0 Å². The fourth-order valence-electron chi connectivity index (χ4n) is 4.20. The van der Waals surface area contributed by atoms with Crippen molar-refractivity contribution < 1.29 is 13.2 Å². The Morgan fingerprint density at radius 3 is 2.77 bits per heavy atom. The summed E-state index contributed by atoms with van der Waals surface area (Å²) in [5.41, 5.74) is 1.46. The van der Waals surface area contributed by atoms with E-state index in [1.165, 1.54) is 6.42 Å².